The minimum atomic E-state index is -0.500. The van der Waals surface area contributed by atoms with Crippen LogP contribution in [0.1, 0.15) is 165 Å². The van der Waals surface area contributed by atoms with Gasteiger partial charge in [0.05, 0.1) is 34.9 Å². The first kappa shape index (κ1) is 65.2. The molecule has 0 amide bonds. The summed E-state index contributed by atoms with van der Waals surface area (Å²) < 4.78 is 59.4. The Morgan fingerprint density at radius 3 is 1.31 bits per heavy atom. The summed E-state index contributed by atoms with van der Waals surface area (Å²) in [5.41, 5.74) is 23.9. The van der Waals surface area contributed by atoms with Crippen molar-refractivity contribution >= 4 is 128 Å². The van der Waals surface area contributed by atoms with Gasteiger partial charge in [-0.3, -0.25) is 0 Å². The minimum absolute atomic E-state index is 0.0329. The molecule has 17 rings (SSSR count). The first-order chi connectivity index (χ1) is 53.9. The maximum atomic E-state index is 9.72. The van der Waals surface area contributed by atoms with Crippen molar-refractivity contribution < 1.29 is 11.6 Å². The molecule has 0 fully saturated rings. The smallest absolute Gasteiger partial charge is 0.258 e. The van der Waals surface area contributed by atoms with Crippen molar-refractivity contribution in [3.8, 4) is 39.4 Å². The zero-order valence-corrected chi connectivity index (χ0v) is 67.1. The average molecular weight is 1440 g/mol. The summed E-state index contributed by atoms with van der Waals surface area (Å²) in [5, 5.41) is 4.58. The van der Waals surface area contributed by atoms with Crippen LogP contribution in [-0.2, 0) is 32.5 Å². The van der Waals surface area contributed by atoms with Crippen LogP contribution in [0.5, 0.6) is 11.5 Å². The molecule has 15 aromatic rings. The van der Waals surface area contributed by atoms with Crippen molar-refractivity contribution in [3.63, 3.8) is 0 Å². The molecule has 0 radical (unpaired) electrons. The van der Waals surface area contributed by atoms with Gasteiger partial charge < -0.3 is 24.0 Å². The third kappa shape index (κ3) is 12.5. The van der Waals surface area contributed by atoms with Crippen LogP contribution in [0.3, 0.4) is 0 Å². The normalized spacial score (nSPS) is 13.9. The molecule has 5 nitrogen and oxygen atoms in total. The lowest BCUT2D eigenvalue weighted by molar-refractivity contribution is 0.487. The van der Waals surface area contributed by atoms with E-state index in [1.807, 2.05) is 34.4 Å². The minimum Gasteiger partial charge on any atom is -0.458 e. The van der Waals surface area contributed by atoms with Gasteiger partial charge in [0.1, 0.15) is 11.5 Å². The maximum absolute atomic E-state index is 9.72. The molecule has 0 atom stereocenters. The van der Waals surface area contributed by atoms with Crippen LogP contribution in [0.25, 0.3) is 69.9 Å². The van der Waals surface area contributed by atoms with Gasteiger partial charge >= 0.3 is 0 Å². The number of aromatic nitrogens is 1. The van der Waals surface area contributed by atoms with Crippen LogP contribution < -0.4 is 35.8 Å². The van der Waals surface area contributed by atoms with Crippen LogP contribution in [0.4, 0.5) is 51.2 Å². The predicted molar refractivity (Wildman–Crippen MR) is 472 cm³/mol. The standard InChI is InChI=1S/C102H99BN4OS/c1-97(2,3)66-38-46-73(47-39-66)104(72-34-26-21-27-35-72)76-52-53-83-89(61-76)108-90-62-77(106-84-54-44-69(100(10,11)12)56-81(84)82-57-70(101(13,14)15)45-55-85(82)106)60-87-93(90)103(83)94-88(107(87)95-79(64-30-22-19-23-31-64)58-71(102(16,17)18)59-80(95)65-32-24-20-25-33-65)63-86(92-78-36-28-29-37-91(78)109-96(92)94)105(74-48-40-67(41-49-74)98(4,5)6)75-50-42-68(43-51-75)99(7,8)9/h19-63H,1-18H3/i21D,26D,27D,34D,35D. The Bertz CT molecular complexity index is 6160. The van der Waals surface area contributed by atoms with E-state index in [1.54, 1.807) is 0 Å². The molecule has 0 saturated heterocycles. The van der Waals surface area contributed by atoms with E-state index in [2.05, 4.69) is 363 Å². The number of rotatable bonds is 10. The highest BCUT2D eigenvalue weighted by atomic mass is 32.1. The molecular weight excluding hydrogens is 1340 g/mol. The second kappa shape index (κ2) is 25.9. The van der Waals surface area contributed by atoms with Crippen molar-refractivity contribution in [3.05, 3.63) is 306 Å². The van der Waals surface area contributed by atoms with E-state index in [9.17, 15) is 5.48 Å². The van der Waals surface area contributed by atoms with Gasteiger partial charge in [-0.25, -0.2) is 0 Å². The third-order valence-electron chi connectivity index (χ3n) is 22.6. The van der Waals surface area contributed by atoms with Gasteiger partial charge in [0, 0.05) is 94.0 Å². The van der Waals surface area contributed by atoms with Crippen LogP contribution in [0, 0.1) is 0 Å². The van der Waals surface area contributed by atoms with E-state index in [0.717, 1.165) is 126 Å². The van der Waals surface area contributed by atoms with Crippen molar-refractivity contribution in [2.45, 2.75) is 157 Å². The molecule has 13 aromatic carbocycles. The van der Waals surface area contributed by atoms with E-state index in [4.69, 9.17) is 6.11 Å². The summed E-state index contributed by atoms with van der Waals surface area (Å²) in [6.07, 6.45) is 0. The summed E-state index contributed by atoms with van der Waals surface area (Å²) >= 11 is 1.84. The molecule has 0 bridgehead atoms. The maximum Gasteiger partial charge on any atom is 0.258 e. The number of para-hydroxylation sites is 1. The zero-order valence-electron chi connectivity index (χ0n) is 71.3. The number of nitrogens with zero attached hydrogens (tertiary/aromatic N) is 4. The molecule has 7 heteroatoms. The van der Waals surface area contributed by atoms with Gasteiger partial charge in [0.25, 0.3) is 6.71 Å². The molecule has 0 aliphatic carbocycles. The number of ether oxygens (including phenoxy) is 1. The molecule has 2 aliphatic heterocycles. The van der Waals surface area contributed by atoms with Gasteiger partial charge in [-0.1, -0.05) is 276 Å². The molecule has 4 heterocycles. The van der Waals surface area contributed by atoms with Crippen molar-refractivity contribution in [1.29, 1.82) is 0 Å². The monoisotopic (exact) mass is 1440 g/mol. The van der Waals surface area contributed by atoms with Gasteiger partial charge in [-0.2, -0.15) is 0 Å². The fourth-order valence-corrected chi connectivity index (χ4v) is 17.8. The SMILES string of the molecule is [2H]c1c([2H])c([2H])c(N(c2ccc(C(C)(C)C)cc2)c2ccc3c(c2)Oc2cc(-n4c5ccc(C(C)(C)C)cc5c5cc(C(C)(C)C)ccc54)cc4c2B3c2c(cc(N(c3ccc(C(C)(C)C)cc3)c3ccc(C(C)(C)C)cc3)c3c2sc2ccccc23)N4c2c(-c3ccccc3)cc(C(C)(C)C)cc2-c2ccccc2)c([2H])c1[2H]. The Morgan fingerprint density at radius 1 is 0.367 bits per heavy atom. The highest BCUT2D eigenvalue weighted by molar-refractivity contribution is 7.28. The summed E-state index contributed by atoms with van der Waals surface area (Å²) in [6.45, 7) is 40.4. The molecular formula is C102H99BN4OS. The van der Waals surface area contributed by atoms with E-state index < -0.39 is 24.8 Å². The Kier molecular flexibility index (Phi) is 15.5. The Hall–Kier alpha value is -10.9. The molecule has 542 valence electrons. The highest BCUT2D eigenvalue weighted by Gasteiger charge is 2.47. The van der Waals surface area contributed by atoms with E-state index in [1.165, 1.54) is 27.8 Å². The Balaban J connectivity index is 1.07. The first-order valence-electron chi connectivity index (χ1n) is 41.1. The largest absolute Gasteiger partial charge is 0.458 e. The number of fused-ring (bicyclic) bond motifs is 11. The van der Waals surface area contributed by atoms with Crippen LogP contribution in [0.15, 0.2) is 273 Å². The van der Waals surface area contributed by atoms with Gasteiger partial charge in [-0.05, 0) is 203 Å². The highest BCUT2D eigenvalue weighted by Crippen LogP contribution is 2.56. The van der Waals surface area contributed by atoms with Crippen LogP contribution in [0.2, 0.25) is 0 Å². The Labute approximate surface area is 657 Å². The molecule has 109 heavy (non-hydrogen) atoms. The van der Waals surface area contributed by atoms with Crippen molar-refractivity contribution in [2.75, 3.05) is 14.7 Å². The first-order valence-corrected chi connectivity index (χ1v) is 39.4. The van der Waals surface area contributed by atoms with E-state index >= 15 is 0 Å². The predicted octanol–water partition coefficient (Wildman–Crippen LogP) is 27.6. The van der Waals surface area contributed by atoms with Gasteiger partial charge in [-0.15, -0.1) is 11.3 Å². The molecule has 2 aromatic heterocycles. The second-order valence-corrected chi connectivity index (χ2v) is 37.4. The lowest BCUT2D eigenvalue weighted by Crippen LogP contribution is -2.59. The molecule has 2 aliphatic rings. The number of hydrogen-bond donors (Lipinski definition) is 0. The fraction of sp³-hybridized carbons (Fsp3) is 0.235. The van der Waals surface area contributed by atoms with Crippen molar-refractivity contribution in [1.82, 2.24) is 4.57 Å². The topological polar surface area (TPSA) is 23.9 Å². The second-order valence-electron chi connectivity index (χ2n) is 36.3. The summed E-state index contributed by atoms with van der Waals surface area (Å²) in [4.78, 5) is 6.97. The Morgan fingerprint density at radius 2 is 0.817 bits per heavy atom. The zero-order chi connectivity index (χ0) is 80.5. The number of thiophene rings is 1. The van der Waals surface area contributed by atoms with E-state index in [-0.39, 0.29) is 50.3 Å². The number of hydrogen-bond acceptors (Lipinski definition) is 5. The average Bonchev–Trinajstić information content (AvgIpc) is 1.21. The summed E-state index contributed by atoms with van der Waals surface area (Å²) in [5.74, 6) is 1.24. The lowest BCUT2D eigenvalue weighted by atomic mass is 9.34. The summed E-state index contributed by atoms with van der Waals surface area (Å²) in [6, 6.07) is 88.2. The number of benzene rings is 13. The molecule has 0 saturated carbocycles. The summed E-state index contributed by atoms with van der Waals surface area (Å²) in [7, 11) is 0. The molecule has 0 spiro atoms. The van der Waals surface area contributed by atoms with Crippen LogP contribution in [-0.4, -0.2) is 11.3 Å². The number of anilines is 9. The van der Waals surface area contributed by atoms with Gasteiger partial charge in [0.2, 0.25) is 0 Å². The van der Waals surface area contributed by atoms with Crippen LogP contribution >= 0.6 is 11.3 Å². The quantitative estimate of drug-likeness (QED) is 0.127. The van der Waals surface area contributed by atoms with E-state index in [0.29, 0.717) is 22.9 Å². The van der Waals surface area contributed by atoms with Gasteiger partial charge in [0.15, 0.2) is 0 Å². The molecule has 0 N–H and O–H groups in total. The third-order valence-corrected chi connectivity index (χ3v) is 23.9. The lowest BCUT2D eigenvalue weighted by Gasteiger charge is -2.43. The molecule has 0 unspecified atom stereocenters. The van der Waals surface area contributed by atoms with Crippen molar-refractivity contribution in [2.24, 2.45) is 0 Å². The fourth-order valence-electron chi connectivity index (χ4n) is 16.5.